The molecule has 0 saturated carbocycles. The molecule has 0 unspecified atom stereocenters. The summed E-state index contributed by atoms with van der Waals surface area (Å²) in [6, 6.07) is 9.62. The first-order valence-corrected chi connectivity index (χ1v) is 5.69. The zero-order valence-electron chi connectivity index (χ0n) is 8.05. The van der Waals surface area contributed by atoms with Crippen molar-refractivity contribution in [3.8, 4) is 16.9 Å². The Bertz CT molecular complexity index is 543. The summed E-state index contributed by atoms with van der Waals surface area (Å²) in [6.07, 6.45) is 0. The van der Waals surface area contributed by atoms with Crippen LogP contribution in [0, 0.1) is 5.82 Å². The predicted molar refractivity (Wildman–Crippen MR) is 66.2 cm³/mol. The molecule has 0 spiro atoms. The summed E-state index contributed by atoms with van der Waals surface area (Å²) >= 11 is 8.80. The maximum Gasteiger partial charge on any atom is 0.145 e. The van der Waals surface area contributed by atoms with E-state index in [4.69, 9.17) is 11.6 Å². The summed E-state index contributed by atoms with van der Waals surface area (Å²) < 4.78 is 14.1. The van der Waals surface area contributed by atoms with Crippen LogP contribution in [-0.4, -0.2) is 5.11 Å². The van der Waals surface area contributed by atoms with Crippen LogP contribution < -0.4 is 0 Å². The van der Waals surface area contributed by atoms with Gasteiger partial charge in [0.05, 0.1) is 9.50 Å². The predicted octanol–water partition coefficient (Wildman–Crippen LogP) is 4.61. The van der Waals surface area contributed by atoms with E-state index >= 15 is 0 Å². The van der Waals surface area contributed by atoms with Crippen molar-refractivity contribution in [1.29, 1.82) is 0 Å². The second-order valence-electron chi connectivity index (χ2n) is 3.27. The van der Waals surface area contributed by atoms with Crippen LogP contribution in [0.2, 0.25) is 5.02 Å². The minimum atomic E-state index is -0.357. The highest BCUT2D eigenvalue weighted by molar-refractivity contribution is 9.10. The van der Waals surface area contributed by atoms with Crippen LogP contribution in [0.25, 0.3) is 11.1 Å². The minimum absolute atomic E-state index is 0.0569. The van der Waals surface area contributed by atoms with Crippen LogP contribution in [0.4, 0.5) is 4.39 Å². The molecule has 0 aliphatic heterocycles. The molecule has 2 aromatic carbocycles. The fraction of sp³-hybridized carbons (Fsp3) is 0. The molecule has 2 aromatic rings. The summed E-state index contributed by atoms with van der Waals surface area (Å²) in [6.45, 7) is 0. The Balaban J connectivity index is 2.59. The summed E-state index contributed by atoms with van der Waals surface area (Å²) in [5.74, 6) is -0.414. The maximum atomic E-state index is 13.8. The van der Waals surface area contributed by atoms with E-state index in [0.717, 1.165) is 0 Å². The quantitative estimate of drug-likeness (QED) is 0.815. The van der Waals surface area contributed by atoms with Crippen LogP contribution >= 0.6 is 27.5 Å². The first-order valence-electron chi connectivity index (χ1n) is 4.52. The number of hydrogen-bond acceptors (Lipinski definition) is 1. The molecular weight excluding hydrogens is 294 g/mol. The summed E-state index contributed by atoms with van der Waals surface area (Å²) in [7, 11) is 0. The minimum Gasteiger partial charge on any atom is -0.506 e. The summed E-state index contributed by atoms with van der Waals surface area (Å²) in [4.78, 5) is 0. The number of phenolic OH excluding ortho intramolecular Hbond substituents is 1. The highest BCUT2D eigenvalue weighted by atomic mass is 79.9. The van der Waals surface area contributed by atoms with Gasteiger partial charge in [0.1, 0.15) is 11.6 Å². The van der Waals surface area contributed by atoms with Crippen LogP contribution in [0.5, 0.6) is 5.75 Å². The van der Waals surface area contributed by atoms with Crippen molar-refractivity contribution in [2.75, 3.05) is 0 Å². The van der Waals surface area contributed by atoms with Crippen molar-refractivity contribution in [2.45, 2.75) is 0 Å². The molecule has 0 radical (unpaired) electrons. The van der Waals surface area contributed by atoms with Gasteiger partial charge in [0.25, 0.3) is 0 Å². The number of halogens is 3. The van der Waals surface area contributed by atoms with Crippen LogP contribution in [0.1, 0.15) is 0 Å². The summed E-state index contributed by atoms with van der Waals surface area (Å²) in [5.41, 5.74) is 1.00. The zero-order valence-corrected chi connectivity index (χ0v) is 10.4. The van der Waals surface area contributed by atoms with Crippen LogP contribution in [-0.2, 0) is 0 Å². The van der Waals surface area contributed by atoms with E-state index in [1.807, 2.05) is 0 Å². The van der Waals surface area contributed by atoms with Gasteiger partial charge in [0, 0.05) is 5.56 Å². The number of phenols is 1. The molecule has 0 saturated heterocycles. The SMILES string of the molecule is Oc1cc(-c2cccc(Br)c2F)ccc1Cl. The monoisotopic (exact) mass is 300 g/mol. The third-order valence-corrected chi connectivity index (χ3v) is 3.14. The Labute approximate surface area is 106 Å². The zero-order chi connectivity index (χ0) is 11.7. The van der Waals surface area contributed by atoms with E-state index < -0.39 is 0 Å². The largest absolute Gasteiger partial charge is 0.506 e. The van der Waals surface area contributed by atoms with Gasteiger partial charge in [0.2, 0.25) is 0 Å². The van der Waals surface area contributed by atoms with E-state index in [-0.39, 0.29) is 16.6 Å². The van der Waals surface area contributed by atoms with Gasteiger partial charge in [-0.2, -0.15) is 0 Å². The lowest BCUT2D eigenvalue weighted by atomic mass is 10.1. The number of benzene rings is 2. The molecule has 1 nitrogen and oxygen atoms in total. The van der Waals surface area contributed by atoms with Crippen molar-refractivity contribution < 1.29 is 9.50 Å². The lowest BCUT2D eigenvalue weighted by Crippen LogP contribution is -1.85. The second kappa shape index (κ2) is 4.44. The Morgan fingerprint density at radius 1 is 1.19 bits per heavy atom. The normalized spacial score (nSPS) is 10.4. The first-order chi connectivity index (χ1) is 7.59. The number of hydrogen-bond donors (Lipinski definition) is 1. The Kier molecular flexibility index (Phi) is 3.17. The van der Waals surface area contributed by atoms with Crippen molar-refractivity contribution in [2.24, 2.45) is 0 Å². The van der Waals surface area contributed by atoms with Gasteiger partial charge in [0.15, 0.2) is 0 Å². The van der Waals surface area contributed by atoms with Gasteiger partial charge in [-0.05, 0) is 39.7 Å². The fourth-order valence-electron chi connectivity index (χ4n) is 1.41. The molecule has 4 heteroatoms. The maximum absolute atomic E-state index is 13.8. The van der Waals surface area contributed by atoms with E-state index in [2.05, 4.69) is 15.9 Å². The number of aromatic hydroxyl groups is 1. The van der Waals surface area contributed by atoms with Gasteiger partial charge in [-0.25, -0.2) is 4.39 Å². The topological polar surface area (TPSA) is 20.2 Å². The molecule has 0 atom stereocenters. The van der Waals surface area contributed by atoms with Crippen LogP contribution in [0.15, 0.2) is 40.9 Å². The van der Waals surface area contributed by atoms with Gasteiger partial charge in [-0.15, -0.1) is 0 Å². The first kappa shape index (κ1) is 11.4. The molecule has 0 aliphatic rings. The standard InChI is InChI=1S/C12H7BrClFO/c13-9-3-1-2-8(12(9)15)7-4-5-10(14)11(16)6-7/h1-6,16H. The van der Waals surface area contributed by atoms with Gasteiger partial charge in [-0.3, -0.25) is 0 Å². The van der Waals surface area contributed by atoms with Crippen LogP contribution in [0.3, 0.4) is 0 Å². The van der Waals surface area contributed by atoms with Gasteiger partial charge >= 0.3 is 0 Å². The van der Waals surface area contributed by atoms with Gasteiger partial charge in [-0.1, -0.05) is 29.8 Å². The molecular formula is C12H7BrClFO. The molecule has 82 valence electrons. The molecule has 0 heterocycles. The van der Waals surface area contributed by atoms with E-state index in [1.54, 1.807) is 24.3 Å². The third kappa shape index (κ3) is 2.06. The van der Waals surface area contributed by atoms with Crippen molar-refractivity contribution in [1.82, 2.24) is 0 Å². The molecule has 2 rings (SSSR count). The number of rotatable bonds is 1. The second-order valence-corrected chi connectivity index (χ2v) is 4.53. The molecule has 0 aliphatic carbocycles. The average molecular weight is 302 g/mol. The van der Waals surface area contributed by atoms with E-state index in [0.29, 0.717) is 15.6 Å². The van der Waals surface area contributed by atoms with Gasteiger partial charge < -0.3 is 5.11 Å². The summed E-state index contributed by atoms with van der Waals surface area (Å²) in [5, 5.41) is 9.70. The highest BCUT2D eigenvalue weighted by Gasteiger charge is 2.09. The lowest BCUT2D eigenvalue weighted by molar-refractivity contribution is 0.476. The third-order valence-electron chi connectivity index (χ3n) is 2.21. The molecule has 0 bridgehead atoms. The lowest BCUT2D eigenvalue weighted by Gasteiger charge is -2.06. The Hall–Kier alpha value is -1.06. The van der Waals surface area contributed by atoms with Crippen molar-refractivity contribution >= 4 is 27.5 Å². The molecule has 0 aromatic heterocycles. The van der Waals surface area contributed by atoms with Crippen molar-refractivity contribution in [3.63, 3.8) is 0 Å². The molecule has 1 N–H and O–H groups in total. The Morgan fingerprint density at radius 3 is 2.62 bits per heavy atom. The average Bonchev–Trinajstić information content (AvgIpc) is 2.26. The smallest absolute Gasteiger partial charge is 0.145 e. The fourth-order valence-corrected chi connectivity index (χ4v) is 1.89. The van der Waals surface area contributed by atoms with E-state index in [1.165, 1.54) is 12.1 Å². The molecule has 0 amide bonds. The Morgan fingerprint density at radius 2 is 1.94 bits per heavy atom. The van der Waals surface area contributed by atoms with E-state index in [9.17, 15) is 9.50 Å². The highest BCUT2D eigenvalue weighted by Crippen LogP contribution is 2.32. The molecule has 0 fully saturated rings. The van der Waals surface area contributed by atoms with Crippen molar-refractivity contribution in [3.05, 3.63) is 51.7 Å². The molecule has 16 heavy (non-hydrogen) atoms.